The number of aromatic nitrogens is 1. The van der Waals surface area contributed by atoms with E-state index in [1.807, 2.05) is 24.0 Å². The molecule has 0 aliphatic carbocycles. The van der Waals surface area contributed by atoms with E-state index >= 15 is 0 Å². The van der Waals surface area contributed by atoms with Crippen LogP contribution in [0.4, 0.5) is 15.4 Å². The number of hydrogen-bond donors (Lipinski definition) is 2. The van der Waals surface area contributed by atoms with Crippen LogP contribution in [0.2, 0.25) is 0 Å². The molecule has 0 atom stereocenters. The number of anilines is 1. The number of urea groups is 2. The van der Waals surface area contributed by atoms with Gasteiger partial charge in [-0.2, -0.15) is 0 Å². The first-order valence-corrected chi connectivity index (χ1v) is 7.66. The van der Waals surface area contributed by atoms with Crippen LogP contribution in [0.25, 0.3) is 0 Å². The minimum Gasteiger partial charge on any atom is -0.336 e. The topological polar surface area (TPSA) is 77.6 Å². The maximum Gasteiger partial charge on any atom is 0.323 e. The molecule has 1 aromatic rings. The highest BCUT2D eigenvalue weighted by Crippen LogP contribution is 2.19. The summed E-state index contributed by atoms with van der Waals surface area (Å²) in [5.74, 6) is 0.575. The molecule has 0 spiro atoms. The molecule has 2 aliphatic rings. The maximum atomic E-state index is 12.3. The molecule has 2 saturated heterocycles. The zero-order chi connectivity index (χ0) is 15.5. The normalized spacial score (nSPS) is 19.2. The molecule has 0 aromatic carbocycles. The number of likely N-dealkylation sites (tertiary alicyclic amines) is 1. The van der Waals surface area contributed by atoms with Crippen molar-refractivity contribution in [3.63, 3.8) is 0 Å². The lowest BCUT2D eigenvalue weighted by Gasteiger charge is -2.36. The van der Waals surface area contributed by atoms with E-state index < -0.39 is 0 Å². The van der Waals surface area contributed by atoms with E-state index in [-0.39, 0.29) is 18.1 Å². The molecular formula is C15H21N5O2. The van der Waals surface area contributed by atoms with Crippen LogP contribution in [0.5, 0.6) is 0 Å². The highest BCUT2D eigenvalue weighted by atomic mass is 16.2. The Kier molecular flexibility index (Phi) is 4.13. The van der Waals surface area contributed by atoms with Gasteiger partial charge >= 0.3 is 12.1 Å². The minimum absolute atomic E-state index is 0.0202. The van der Waals surface area contributed by atoms with E-state index in [1.54, 1.807) is 11.1 Å². The number of carbonyl (C=O) groups is 2. The van der Waals surface area contributed by atoms with E-state index in [0.29, 0.717) is 18.9 Å². The summed E-state index contributed by atoms with van der Waals surface area (Å²) >= 11 is 0. The van der Waals surface area contributed by atoms with Crippen LogP contribution in [0.1, 0.15) is 18.4 Å². The Morgan fingerprint density at radius 2 is 2.14 bits per heavy atom. The van der Waals surface area contributed by atoms with Gasteiger partial charge in [-0.1, -0.05) is 0 Å². The SMILES string of the molecule is Cc1ccnc(NC(=O)N2CCC(N3CCNC3=O)CC2)c1. The number of hydrogen-bond acceptors (Lipinski definition) is 3. The fourth-order valence-corrected chi connectivity index (χ4v) is 3.01. The van der Waals surface area contributed by atoms with Crippen LogP contribution in [0.3, 0.4) is 0 Å². The summed E-state index contributed by atoms with van der Waals surface area (Å²) in [5, 5.41) is 5.65. The number of pyridine rings is 1. The third-order valence-electron chi connectivity index (χ3n) is 4.23. The van der Waals surface area contributed by atoms with E-state index in [2.05, 4.69) is 15.6 Å². The molecule has 0 radical (unpaired) electrons. The second-order valence-electron chi connectivity index (χ2n) is 5.79. The summed E-state index contributed by atoms with van der Waals surface area (Å²) in [5.41, 5.74) is 1.06. The predicted octanol–water partition coefficient (Wildman–Crippen LogP) is 1.41. The number of aryl methyl sites for hydroxylation is 1. The van der Waals surface area contributed by atoms with Crippen molar-refractivity contribution in [2.24, 2.45) is 0 Å². The van der Waals surface area contributed by atoms with Gasteiger partial charge in [0.1, 0.15) is 5.82 Å². The molecule has 0 bridgehead atoms. The molecule has 4 amide bonds. The molecule has 2 aliphatic heterocycles. The Balaban J connectivity index is 1.52. The van der Waals surface area contributed by atoms with Crippen LogP contribution in [0.15, 0.2) is 18.3 Å². The molecule has 0 unspecified atom stereocenters. The van der Waals surface area contributed by atoms with Gasteiger partial charge < -0.3 is 15.1 Å². The summed E-state index contributed by atoms with van der Waals surface area (Å²) < 4.78 is 0. The van der Waals surface area contributed by atoms with Gasteiger partial charge in [-0.25, -0.2) is 14.6 Å². The predicted molar refractivity (Wildman–Crippen MR) is 82.7 cm³/mol. The van der Waals surface area contributed by atoms with Crippen molar-refractivity contribution >= 4 is 17.9 Å². The van der Waals surface area contributed by atoms with E-state index in [4.69, 9.17) is 0 Å². The van der Waals surface area contributed by atoms with Crippen molar-refractivity contribution in [1.29, 1.82) is 0 Å². The first-order chi connectivity index (χ1) is 10.6. The van der Waals surface area contributed by atoms with Crippen molar-refractivity contribution in [2.75, 3.05) is 31.5 Å². The minimum atomic E-state index is -0.123. The van der Waals surface area contributed by atoms with Gasteiger partial charge in [0.15, 0.2) is 0 Å². The smallest absolute Gasteiger partial charge is 0.323 e. The fraction of sp³-hybridized carbons (Fsp3) is 0.533. The summed E-state index contributed by atoms with van der Waals surface area (Å²) in [4.78, 5) is 31.7. The molecule has 2 N–H and O–H groups in total. The third-order valence-corrected chi connectivity index (χ3v) is 4.23. The van der Waals surface area contributed by atoms with Gasteiger partial charge in [0, 0.05) is 38.4 Å². The zero-order valence-corrected chi connectivity index (χ0v) is 12.7. The Labute approximate surface area is 129 Å². The van der Waals surface area contributed by atoms with Crippen molar-refractivity contribution in [3.8, 4) is 0 Å². The van der Waals surface area contributed by atoms with Crippen molar-refractivity contribution < 1.29 is 9.59 Å². The first kappa shape index (κ1) is 14.6. The van der Waals surface area contributed by atoms with Gasteiger partial charge in [0.25, 0.3) is 0 Å². The molecule has 118 valence electrons. The Morgan fingerprint density at radius 3 is 2.77 bits per heavy atom. The fourth-order valence-electron chi connectivity index (χ4n) is 3.01. The second kappa shape index (κ2) is 6.21. The Morgan fingerprint density at radius 1 is 1.36 bits per heavy atom. The number of amides is 4. The van der Waals surface area contributed by atoms with E-state index in [9.17, 15) is 9.59 Å². The quantitative estimate of drug-likeness (QED) is 0.867. The highest BCUT2D eigenvalue weighted by Gasteiger charge is 2.31. The lowest BCUT2D eigenvalue weighted by atomic mass is 10.0. The largest absolute Gasteiger partial charge is 0.336 e. The van der Waals surface area contributed by atoms with Crippen molar-refractivity contribution in [2.45, 2.75) is 25.8 Å². The molecule has 2 fully saturated rings. The average molecular weight is 303 g/mol. The molecule has 22 heavy (non-hydrogen) atoms. The lowest BCUT2D eigenvalue weighted by Crippen LogP contribution is -2.48. The Hall–Kier alpha value is -2.31. The summed E-state index contributed by atoms with van der Waals surface area (Å²) in [7, 11) is 0. The van der Waals surface area contributed by atoms with Crippen LogP contribution < -0.4 is 10.6 Å². The molecule has 3 heterocycles. The van der Waals surface area contributed by atoms with Gasteiger partial charge in [-0.15, -0.1) is 0 Å². The van der Waals surface area contributed by atoms with Crippen LogP contribution in [-0.2, 0) is 0 Å². The third kappa shape index (κ3) is 3.13. The molecule has 7 nitrogen and oxygen atoms in total. The van der Waals surface area contributed by atoms with Crippen molar-refractivity contribution in [1.82, 2.24) is 20.1 Å². The van der Waals surface area contributed by atoms with Gasteiger partial charge in [0.2, 0.25) is 0 Å². The van der Waals surface area contributed by atoms with Gasteiger partial charge in [0.05, 0.1) is 0 Å². The van der Waals surface area contributed by atoms with Gasteiger partial charge in [-0.05, 0) is 37.5 Å². The highest BCUT2D eigenvalue weighted by molar-refractivity contribution is 5.88. The van der Waals surface area contributed by atoms with Crippen LogP contribution in [-0.4, -0.2) is 59.1 Å². The number of nitrogens with zero attached hydrogens (tertiary/aromatic N) is 3. The van der Waals surface area contributed by atoms with Crippen LogP contribution in [0, 0.1) is 6.92 Å². The van der Waals surface area contributed by atoms with E-state index in [0.717, 1.165) is 31.5 Å². The second-order valence-corrected chi connectivity index (χ2v) is 5.79. The average Bonchev–Trinajstić information content (AvgIpc) is 2.93. The monoisotopic (exact) mass is 303 g/mol. The summed E-state index contributed by atoms with van der Waals surface area (Å²) in [6.45, 7) is 4.77. The maximum absolute atomic E-state index is 12.3. The molecule has 0 saturated carbocycles. The van der Waals surface area contributed by atoms with E-state index in [1.165, 1.54) is 0 Å². The molecule has 1 aromatic heterocycles. The number of carbonyl (C=O) groups excluding carboxylic acids is 2. The molecule has 7 heteroatoms. The standard InChI is InChI=1S/C15H21N5O2/c1-11-2-5-16-13(10-11)18-15(22)19-7-3-12(4-8-19)20-9-6-17-14(20)21/h2,5,10,12H,3-4,6-9H2,1H3,(H,17,21)(H,16,18,22). The number of nitrogens with one attached hydrogen (secondary N) is 2. The van der Waals surface area contributed by atoms with Crippen LogP contribution >= 0.6 is 0 Å². The zero-order valence-electron chi connectivity index (χ0n) is 12.7. The van der Waals surface area contributed by atoms with Gasteiger partial charge in [-0.3, -0.25) is 5.32 Å². The lowest BCUT2D eigenvalue weighted by molar-refractivity contribution is 0.147. The first-order valence-electron chi connectivity index (χ1n) is 7.66. The number of piperidine rings is 1. The summed E-state index contributed by atoms with van der Waals surface area (Å²) in [6, 6.07) is 3.87. The molecular weight excluding hydrogens is 282 g/mol. The number of rotatable bonds is 2. The van der Waals surface area contributed by atoms with Crippen molar-refractivity contribution in [3.05, 3.63) is 23.9 Å². The summed E-state index contributed by atoms with van der Waals surface area (Å²) in [6.07, 6.45) is 3.33. The Bertz CT molecular complexity index is 569. The molecule has 3 rings (SSSR count).